The van der Waals surface area contributed by atoms with Gasteiger partial charge in [-0.15, -0.1) is 0 Å². The molecule has 0 aliphatic rings. The van der Waals surface area contributed by atoms with E-state index < -0.39 is 10.1 Å². The van der Waals surface area contributed by atoms with Gasteiger partial charge >= 0.3 is 10.1 Å². The molecule has 0 aromatic heterocycles. The topological polar surface area (TPSA) is 63.7 Å². The summed E-state index contributed by atoms with van der Waals surface area (Å²) in [4.78, 5) is 14.8. The minimum absolute atomic E-state index is 0.110. The fourth-order valence-electron chi connectivity index (χ4n) is 3.31. The van der Waals surface area contributed by atoms with Crippen molar-refractivity contribution in [3.63, 3.8) is 0 Å². The van der Waals surface area contributed by atoms with Crippen molar-refractivity contribution in [2.75, 3.05) is 6.26 Å². The second-order valence-electron chi connectivity index (χ2n) is 8.79. The van der Waals surface area contributed by atoms with Crippen LogP contribution < -0.4 is 4.18 Å². The molecule has 0 N–H and O–H groups in total. The summed E-state index contributed by atoms with van der Waals surface area (Å²) in [6, 6.07) is 7.03. The minimum Gasteiger partial charge on any atom is -0.383 e. The van der Waals surface area contributed by atoms with Gasteiger partial charge in [0.2, 0.25) is 5.91 Å². The Labute approximate surface area is 165 Å². The van der Waals surface area contributed by atoms with Crippen LogP contribution in [0.5, 0.6) is 5.75 Å². The maximum Gasteiger partial charge on any atom is 0.306 e. The van der Waals surface area contributed by atoms with E-state index in [-0.39, 0.29) is 23.1 Å². The Morgan fingerprint density at radius 2 is 1.85 bits per heavy atom. The van der Waals surface area contributed by atoms with Crippen LogP contribution in [0.4, 0.5) is 0 Å². The molecule has 27 heavy (non-hydrogen) atoms. The first kappa shape index (κ1) is 23.5. The van der Waals surface area contributed by atoms with Gasteiger partial charge in [-0.1, -0.05) is 46.8 Å². The first-order chi connectivity index (χ1) is 12.3. The van der Waals surface area contributed by atoms with E-state index in [0.29, 0.717) is 18.9 Å². The molecule has 1 aromatic carbocycles. The van der Waals surface area contributed by atoms with E-state index >= 15 is 0 Å². The average molecular weight is 398 g/mol. The van der Waals surface area contributed by atoms with Gasteiger partial charge in [0.1, 0.15) is 5.75 Å². The van der Waals surface area contributed by atoms with Crippen LogP contribution in [0, 0.1) is 11.3 Å². The van der Waals surface area contributed by atoms with Crippen molar-refractivity contribution in [3.05, 3.63) is 29.8 Å². The van der Waals surface area contributed by atoms with Gasteiger partial charge in [-0.05, 0) is 48.8 Å². The lowest BCUT2D eigenvalue weighted by Gasteiger charge is -2.31. The molecule has 0 aliphatic carbocycles. The van der Waals surface area contributed by atoms with E-state index in [4.69, 9.17) is 4.18 Å². The van der Waals surface area contributed by atoms with E-state index in [9.17, 15) is 13.2 Å². The summed E-state index contributed by atoms with van der Waals surface area (Å²) in [5, 5.41) is 0. The zero-order valence-corrected chi connectivity index (χ0v) is 18.6. The molecule has 0 radical (unpaired) electrons. The number of carbonyl (C=O) groups is 1. The number of rotatable bonds is 9. The van der Waals surface area contributed by atoms with E-state index in [1.807, 2.05) is 17.9 Å². The molecule has 0 saturated heterocycles. The normalized spacial score (nSPS) is 14.5. The largest absolute Gasteiger partial charge is 0.383 e. The molecule has 0 saturated carbocycles. The zero-order chi connectivity index (χ0) is 20.8. The summed E-state index contributed by atoms with van der Waals surface area (Å²) >= 11 is 0. The number of carbonyl (C=O) groups excluding carboxylic acids is 1. The molecule has 0 spiro atoms. The van der Waals surface area contributed by atoms with Crippen LogP contribution >= 0.6 is 0 Å². The van der Waals surface area contributed by atoms with Crippen LogP contribution in [-0.2, 0) is 21.5 Å². The summed E-state index contributed by atoms with van der Waals surface area (Å²) < 4.78 is 27.7. The van der Waals surface area contributed by atoms with Gasteiger partial charge in [0.25, 0.3) is 0 Å². The Bertz CT molecular complexity index is 722. The maximum absolute atomic E-state index is 13.0. The molecule has 5 nitrogen and oxygen atoms in total. The van der Waals surface area contributed by atoms with Crippen molar-refractivity contribution in [1.82, 2.24) is 4.90 Å². The molecule has 1 amide bonds. The van der Waals surface area contributed by atoms with Gasteiger partial charge < -0.3 is 9.08 Å². The Morgan fingerprint density at radius 1 is 1.22 bits per heavy atom. The van der Waals surface area contributed by atoms with Crippen molar-refractivity contribution >= 4 is 16.0 Å². The molecule has 0 fully saturated rings. The highest BCUT2D eigenvalue weighted by molar-refractivity contribution is 7.86. The highest BCUT2D eigenvalue weighted by Crippen LogP contribution is 2.27. The van der Waals surface area contributed by atoms with Gasteiger partial charge in [0.05, 0.1) is 6.26 Å². The second-order valence-corrected chi connectivity index (χ2v) is 10.4. The second kappa shape index (κ2) is 9.58. The zero-order valence-electron chi connectivity index (χ0n) is 17.8. The number of nitrogens with zero attached hydrogens (tertiary/aromatic N) is 1. The molecule has 154 valence electrons. The highest BCUT2D eigenvalue weighted by atomic mass is 32.2. The number of amides is 1. The van der Waals surface area contributed by atoms with E-state index in [2.05, 4.69) is 34.6 Å². The Morgan fingerprint density at radius 3 is 2.37 bits per heavy atom. The quantitative estimate of drug-likeness (QED) is 0.571. The maximum atomic E-state index is 13.0. The van der Waals surface area contributed by atoms with Crippen LogP contribution in [-0.4, -0.2) is 31.5 Å². The highest BCUT2D eigenvalue weighted by Gasteiger charge is 2.24. The van der Waals surface area contributed by atoms with Crippen LogP contribution in [0.15, 0.2) is 24.3 Å². The van der Waals surface area contributed by atoms with Crippen molar-refractivity contribution in [1.29, 1.82) is 0 Å². The van der Waals surface area contributed by atoms with Crippen molar-refractivity contribution in [2.45, 2.75) is 73.4 Å². The molecule has 1 rings (SSSR count). The minimum atomic E-state index is -3.57. The summed E-state index contributed by atoms with van der Waals surface area (Å²) in [5.74, 6) is 0.715. The number of hydrogen-bond acceptors (Lipinski definition) is 4. The van der Waals surface area contributed by atoms with Crippen LogP contribution in [0.3, 0.4) is 0 Å². The Hall–Kier alpha value is -1.56. The van der Waals surface area contributed by atoms with Gasteiger partial charge in [-0.25, -0.2) is 0 Å². The first-order valence-electron chi connectivity index (χ1n) is 9.58. The van der Waals surface area contributed by atoms with Gasteiger partial charge in [-0.2, -0.15) is 8.42 Å². The van der Waals surface area contributed by atoms with Crippen LogP contribution in [0.2, 0.25) is 0 Å². The Kier molecular flexibility index (Phi) is 8.33. The molecule has 2 atom stereocenters. The third-order valence-corrected chi connectivity index (χ3v) is 4.92. The standard InChI is InChI=1S/C21H35NO4S/c1-8-17(3)22(20(23)12-16(2)14-21(4,5)6)15-18-10-9-11-19(13-18)26-27(7,24)25/h9-11,13,16-17H,8,12,14-15H2,1-7H3/t16-,17-/m0/s1. The van der Waals surface area contributed by atoms with Gasteiger partial charge in [0, 0.05) is 19.0 Å². The van der Waals surface area contributed by atoms with Crippen molar-refractivity contribution in [2.24, 2.45) is 11.3 Å². The van der Waals surface area contributed by atoms with Crippen molar-refractivity contribution in [3.8, 4) is 5.75 Å². The fraction of sp³-hybridized carbons (Fsp3) is 0.667. The lowest BCUT2D eigenvalue weighted by Crippen LogP contribution is -2.38. The SMILES string of the molecule is CC[C@H](C)N(Cc1cccc(OS(C)(=O)=O)c1)C(=O)C[C@H](C)CC(C)(C)C. The molecule has 1 aromatic rings. The molecule has 0 bridgehead atoms. The first-order valence-corrected chi connectivity index (χ1v) is 11.4. The molecular formula is C21H35NO4S. The molecular weight excluding hydrogens is 362 g/mol. The van der Waals surface area contributed by atoms with Crippen molar-refractivity contribution < 1.29 is 17.4 Å². The van der Waals surface area contributed by atoms with E-state index in [1.165, 1.54) is 0 Å². The lowest BCUT2D eigenvalue weighted by atomic mass is 9.84. The number of benzene rings is 1. The Balaban J connectivity index is 2.92. The summed E-state index contributed by atoms with van der Waals surface area (Å²) in [7, 11) is -3.57. The molecule has 0 aliphatic heterocycles. The van der Waals surface area contributed by atoms with Gasteiger partial charge in [-0.3, -0.25) is 4.79 Å². The molecule has 0 unspecified atom stereocenters. The summed E-state index contributed by atoms with van der Waals surface area (Å²) in [6.45, 7) is 13.2. The predicted molar refractivity (Wildman–Crippen MR) is 110 cm³/mol. The molecule has 6 heteroatoms. The summed E-state index contributed by atoms with van der Waals surface area (Å²) in [6.07, 6.45) is 3.39. The third kappa shape index (κ3) is 9.27. The van der Waals surface area contributed by atoms with Crippen LogP contribution in [0.1, 0.15) is 66.4 Å². The van der Waals surface area contributed by atoms with Gasteiger partial charge in [0.15, 0.2) is 0 Å². The van der Waals surface area contributed by atoms with Crippen LogP contribution in [0.25, 0.3) is 0 Å². The third-order valence-electron chi connectivity index (χ3n) is 4.43. The predicted octanol–water partition coefficient (Wildman–Crippen LogP) is 4.61. The average Bonchev–Trinajstić information content (AvgIpc) is 2.48. The molecule has 0 heterocycles. The fourth-order valence-corrected chi connectivity index (χ4v) is 3.76. The lowest BCUT2D eigenvalue weighted by molar-refractivity contribution is -0.135. The smallest absolute Gasteiger partial charge is 0.306 e. The summed E-state index contributed by atoms with van der Waals surface area (Å²) in [5.41, 5.74) is 1.05. The van der Waals surface area contributed by atoms with E-state index in [0.717, 1.165) is 24.7 Å². The monoisotopic (exact) mass is 397 g/mol. The number of hydrogen-bond donors (Lipinski definition) is 0. The van der Waals surface area contributed by atoms with E-state index in [1.54, 1.807) is 18.2 Å².